The van der Waals surface area contributed by atoms with Crippen LogP contribution in [0.25, 0.3) is 0 Å². The molecule has 0 saturated carbocycles. The Morgan fingerprint density at radius 3 is 2.60 bits per heavy atom. The van der Waals surface area contributed by atoms with Gasteiger partial charge in [-0.2, -0.15) is 0 Å². The molecule has 1 N–H and O–H groups in total. The highest BCUT2D eigenvalue weighted by atomic mass is 35.5. The monoisotopic (exact) mass is 96.0 g/mol. The van der Waals surface area contributed by atoms with Crippen molar-refractivity contribution in [3.8, 4) is 0 Å². The van der Waals surface area contributed by atoms with E-state index in [1.54, 1.807) is 0 Å². The number of alkyl halides is 1. The Kier molecular flexibility index (Phi) is 0.822. The Labute approximate surface area is 37.2 Å². The lowest BCUT2D eigenvalue weighted by atomic mass is 10.8. The van der Waals surface area contributed by atoms with Crippen LogP contribution in [0.2, 0.25) is 0 Å². The van der Waals surface area contributed by atoms with Gasteiger partial charge in [0.2, 0.25) is 0 Å². The molecule has 0 spiro atoms. The van der Waals surface area contributed by atoms with Crippen molar-refractivity contribution < 1.29 is 12.6 Å². The van der Waals surface area contributed by atoms with Crippen LogP contribution in [0.15, 0.2) is 0 Å². The zero-order valence-corrected chi connectivity index (χ0v) is 2.99. The molecule has 0 aromatic rings. The van der Waals surface area contributed by atoms with Crippen LogP contribution in [-0.2, 0) is 4.79 Å². The van der Waals surface area contributed by atoms with Crippen LogP contribution in [0.4, 0.5) is 0 Å². The molecule has 0 radical (unpaired) electrons. The molecule has 0 heterocycles. The first-order valence-corrected chi connectivity index (χ1v) is 1.24. The van der Waals surface area contributed by atoms with Crippen molar-refractivity contribution in [3.63, 3.8) is 0 Å². The van der Waals surface area contributed by atoms with Gasteiger partial charge in [-0.15, -0.1) is 11.6 Å². The highest BCUT2D eigenvalue weighted by Gasteiger charge is 1.83. The molecule has 0 aromatic heterocycles. The smallest absolute Gasteiger partial charge is 0.318 e. The fourth-order valence-corrected chi connectivity index (χ4v) is 0. The Morgan fingerprint density at radius 1 is 2.40 bits per heavy atom. The largest absolute Gasteiger partial charge is 0.480 e. The summed E-state index contributed by atoms with van der Waals surface area (Å²) in [6.45, 7) is 0. The van der Waals surface area contributed by atoms with Crippen LogP contribution in [0, 0.1) is 0 Å². The molecular formula is C2H3ClO2. The van der Waals surface area contributed by atoms with E-state index < -0.39 is 11.8 Å². The predicted molar refractivity (Wildman–Crippen MR) is 18.4 cm³/mol. The maximum absolute atomic E-state index is 9.51. The fourth-order valence-electron chi connectivity index (χ4n) is 0. The standard InChI is InChI=1S/C2H3ClO2/c3-1-2(4)5/h1H2,(H,4,5)/i1D2. The molecule has 0 fully saturated rings. The highest BCUT2D eigenvalue weighted by molar-refractivity contribution is 6.26. The van der Waals surface area contributed by atoms with Crippen LogP contribution in [0.1, 0.15) is 2.74 Å². The van der Waals surface area contributed by atoms with Gasteiger partial charge in [0.05, 0.1) is 2.74 Å². The van der Waals surface area contributed by atoms with E-state index in [-0.39, 0.29) is 0 Å². The van der Waals surface area contributed by atoms with Gasteiger partial charge in [-0.3, -0.25) is 4.79 Å². The quantitative estimate of drug-likeness (QED) is 0.477. The Morgan fingerprint density at radius 2 is 2.60 bits per heavy atom. The van der Waals surface area contributed by atoms with Crippen molar-refractivity contribution in [3.05, 3.63) is 0 Å². The molecule has 0 aliphatic heterocycles. The zero-order valence-electron chi connectivity index (χ0n) is 4.23. The van der Waals surface area contributed by atoms with Crippen LogP contribution >= 0.6 is 11.6 Å². The van der Waals surface area contributed by atoms with E-state index in [0.29, 0.717) is 0 Å². The minimum absolute atomic E-state index is 1.66. The Balaban J connectivity index is 3.79. The first-order chi connectivity index (χ1) is 2.94. The van der Waals surface area contributed by atoms with E-state index in [1.807, 2.05) is 0 Å². The number of carbonyl (C=O) groups is 1. The lowest BCUT2D eigenvalue weighted by molar-refractivity contribution is -0.134. The molecule has 3 heteroatoms. The van der Waals surface area contributed by atoms with Gasteiger partial charge >= 0.3 is 5.97 Å². The molecule has 0 aliphatic rings. The van der Waals surface area contributed by atoms with Gasteiger partial charge in [0.15, 0.2) is 0 Å². The molecule has 0 rings (SSSR count). The van der Waals surface area contributed by atoms with Crippen molar-refractivity contribution in [2.45, 2.75) is 0 Å². The van der Waals surface area contributed by atoms with Crippen molar-refractivity contribution in [1.82, 2.24) is 0 Å². The number of carboxylic acids is 1. The van der Waals surface area contributed by atoms with Gasteiger partial charge in [0.25, 0.3) is 0 Å². The molecule has 2 nitrogen and oxygen atoms in total. The first kappa shape index (κ1) is 2.03. The summed E-state index contributed by atoms with van der Waals surface area (Å²) in [5.74, 6) is -4.27. The van der Waals surface area contributed by atoms with E-state index in [0.717, 1.165) is 0 Å². The molecule has 30 valence electrons. The Bertz CT molecular complexity index is 86.2. The predicted octanol–water partition coefficient (Wildman–Crippen LogP) is 0.310. The third-order valence-corrected chi connectivity index (χ3v) is 0.243. The maximum Gasteiger partial charge on any atom is 0.318 e. The van der Waals surface area contributed by atoms with Gasteiger partial charge in [0.1, 0.15) is 5.83 Å². The lowest BCUT2D eigenvalue weighted by Gasteiger charge is -1.69. The molecule has 0 atom stereocenters. The van der Waals surface area contributed by atoms with Crippen molar-refractivity contribution in [1.29, 1.82) is 0 Å². The summed E-state index contributed by atoms with van der Waals surface area (Å²) in [6.07, 6.45) is 0. The van der Waals surface area contributed by atoms with E-state index in [2.05, 4.69) is 11.6 Å². The van der Waals surface area contributed by atoms with E-state index in [1.165, 1.54) is 0 Å². The summed E-state index contributed by atoms with van der Waals surface area (Å²) in [5.41, 5.74) is 0. The molecule has 5 heavy (non-hydrogen) atoms. The van der Waals surface area contributed by atoms with Gasteiger partial charge in [-0.25, -0.2) is 0 Å². The van der Waals surface area contributed by atoms with E-state index in [4.69, 9.17) is 7.85 Å². The average molecular weight is 96.5 g/mol. The normalized spacial score (nSPS) is 16.2. The molecule has 0 unspecified atom stereocenters. The summed E-state index contributed by atoms with van der Waals surface area (Å²) in [5, 5.41) is 7.74. The summed E-state index contributed by atoms with van der Waals surface area (Å²) in [4.78, 5) is 9.51. The SMILES string of the molecule is [2H]C([2H])(Cl)C(=O)O. The zero-order chi connectivity index (χ0) is 6.08. The molecule has 0 amide bonds. The molecule has 0 saturated heterocycles. The number of carboxylic acid groups (broad SMARTS) is 1. The van der Waals surface area contributed by atoms with Crippen LogP contribution in [-0.4, -0.2) is 16.9 Å². The van der Waals surface area contributed by atoms with Crippen molar-refractivity contribution in [2.75, 3.05) is 5.83 Å². The van der Waals surface area contributed by atoms with Gasteiger partial charge in [-0.1, -0.05) is 0 Å². The topological polar surface area (TPSA) is 37.3 Å². The lowest BCUT2D eigenvalue weighted by Crippen LogP contribution is -1.92. The second kappa shape index (κ2) is 2.03. The average Bonchev–Trinajstić information content (AvgIpc) is 1.31. The summed E-state index contributed by atoms with van der Waals surface area (Å²) < 4.78 is 12.4. The van der Waals surface area contributed by atoms with E-state index >= 15 is 0 Å². The third kappa shape index (κ3) is 3.76. The third-order valence-electron chi connectivity index (χ3n) is 0.0808. The second-order valence-corrected chi connectivity index (χ2v) is 0.589. The van der Waals surface area contributed by atoms with Crippen LogP contribution in [0.3, 0.4) is 0 Å². The minimum atomic E-state index is -2.61. The summed E-state index contributed by atoms with van der Waals surface area (Å²) in [7, 11) is 0. The number of rotatable bonds is 1. The fraction of sp³-hybridized carbons (Fsp3) is 0.500. The summed E-state index contributed by atoms with van der Waals surface area (Å²) >= 11 is 4.60. The van der Waals surface area contributed by atoms with Crippen LogP contribution in [0.5, 0.6) is 0 Å². The molecule has 0 aliphatic carbocycles. The van der Waals surface area contributed by atoms with Crippen LogP contribution < -0.4 is 0 Å². The maximum atomic E-state index is 9.51. The van der Waals surface area contributed by atoms with Crippen molar-refractivity contribution >= 4 is 17.6 Å². The Hall–Kier alpha value is -0.240. The van der Waals surface area contributed by atoms with Gasteiger partial charge in [-0.05, 0) is 0 Å². The highest BCUT2D eigenvalue weighted by Crippen LogP contribution is 1.67. The minimum Gasteiger partial charge on any atom is -0.480 e. The number of hydrogen-bond acceptors (Lipinski definition) is 1. The number of aliphatic carboxylic acids is 1. The first-order valence-electron chi connectivity index (χ1n) is 1.87. The second-order valence-electron chi connectivity index (χ2n) is 0.400. The molecule has 0 bridgehead atoms. The summed E-state index contributed by atoms with van der Waals surface area (Å²) in [6, 6.07) is 0. The van der Waals surface area contributed by atoms with E-state index in [9.17, 15) is 4.79 Å². The number of halogens is 1. The molecular weight excluding hydrogens is 91.5 g/mol. The van der Waals surface area contributed by atoms with Crippen molar-refractivity contribution in [2.24, 2.45) is 0 Å². The molecule has 0 aromatic carbocycles. The number of hydrogen-bond donors (Lipinski definition) is 1. The van der Waals surface area contributed by atoms with Gasteiger partial charge in [0, 0.05) is 0 Å². The van der Waals surface area contributed by atoms with Gasteiger partial charge < -0.3 is 5.11 Å².